The molecule has 0 atom stereocenters. The monoisotopic (exact) mass is 523 g/mol. The van der Waals surface area contributed by atoms with Crippen LogP contribution in [-0.2, 0) is 23.0 Å². The number of sulfonamides is 1. The van der Waals surface area contributed by atoms with Crippen LogP contribution in [0.25, 0.3) is 33.9 Å². The number of carbonyl (C=O) groups is 1. The zero-order valence-electron chi connectivity index (χ0n) is 20.4. The van der Waals surface area contributed by atoms with Gasteiger partial charge in [0.05, 0.1) is 21.8 Å². The van der Waals surface area contributed by atoms with Crippen LogP contribution < -0.4 is 5.14 Å². The fraction of sp³-hybridized carbons (Fsp3) is 0.0667. The van der Waals surface area contributed by atoms with Crippen molar-refractivity contribution in [1.82, 2.24) is 9.55 Å². The van der Waals surface area contributed by atoms with Crippen molar-refractivity contribution in [2.24, 2.45) is 5.14 Å². The van der Waals surface area contributed by atoms with Crippen molar-refractivity contribution in [3.63, 3.8) is 0 Å². The predicted octanol–water partition coefficient (Wildman–Crippen LogP) is 5.47. The topological polar surface area (TPSA) is 115 Å². The van der Waals surface area contributed by atoms with E-state index in [4.69, 9.17) is 10.1 Å². The number of hydrogen-bond donors (Lipinski definition) is 2. The van der Waals surface area contributed by atoms with Crippen LogP contribution in [0.15, 0.2) is 114 Å². The predicted molar refractivity (Wildman–Crippen MR) is 147 cm³/mol. The van der Waals surface area contributed by atoms with Gasteiger partial charge in [0, 0.05) is 23.2 Å². The Bertz CT molecular complexity index is 1680. The van der Waals surface area contributed by atoms with Crippen LogP contribution in [0.3, 0.4) is 0 Å². The SMILES string of the molecule is NS(=O)(=O)c1ccc(CCn2c(-c3ccc(C(=O)O)cc3)nc(-c3ccccc3)c2-c2ccccc2)cc1. The summed E-state index contributed by atoms with van der Waals surface area (Å²) in [5, 5.41) is 14.6. The highest BCUT2D eigenvalue weighted by Gasteiger charge is 2.21. The first-order chi connectivity index (χ1) is 18.3. The molecule has 0 aliphatic rings. The van der Waals surface area contributed by atoms with Crippen LogP contribution in [-0.4, -0.2) is 29.0 Å². The van der Waals surface area contributed by atoms with Crippen molar-refractivity contribution in [3.8, 4) is 33.9 Å². The van der Waals surface area contributed by atoms with E-state index in [-0.39, 0.29) is 10.5 Å². The second kappa shape index (κ2) is 10.5. The lowest BCUT2D eigenvalue weighted by Crippen LogP contribution is -2.12. The number of rotatable bonds is 8. The number of hydrogen-bond acceptors (Lipinski definition) is 4. The number of carboxylic acids is 1. The van der Waals surface area contributed by atoms with Crippen molar-refractivity contribution < 1.29 is 18.3 Å². The van der Waals surface area contributed by atoms with E-state index in [1.54, 1.807) is 36.4 Å². The quantitative estimate of drug-likeness (QED) is 0.280. The Morgan fingerprint density at radius 1 is 0.763 bits per heavy atom. The lowest BCUT2D eigenvalue weighted by Gasteiger charge is -2.14. The summed E-state index contributed by atoms with van der Waals surface area (Å²) >= 11 is 0. The van der Waals surface area contributed by atoms with E-state index in [1.165, 1.54) is 12.1 Å². The summed E-state index contributed by atoms with van der Waals surface area (Å²) in [7, 11) is -3.77. The first-order valence-electron chi connectivity index (χ1n) is 12.0. The number of nitrogens with two attached hydrogens (primary N) is 1. The van der Waals surface area contributed by atoms with Gasteiger partial charge in [0.1, 0.15) is 5.82 Å². The Labute approximate surface area is 220 Å². The number of benzene rings is 4. The summed E-state index contributed by atoms with van der Waals surface area (Å²) in [4.78, 5) is 16.6. The molecule has 3 N–H and O–H groups in total. The molecule has 0 bridgehead atoms. The summed E-state index contributed by atoms with van der Waals surface area (Å²) in [5.41, 5.74) is 5.66. The normalized spacial score (nSPS) is 11.4. The van der Waals surface area contributed by atoms with Crippen LogP contribution in [0.4, 0.5) is 0 Å². The van der Waals surface area contributed by atoms with Gasteiger partial charge in [0.15, 0.2) is 0 Å². The number of aromatic carboxylic acids is 1. The molecule has 0 fully saturated rings. The maximum Gasteiger partial charge on any atom is 0.335 e. The minimum Gasteiger partial charge on any atom is -0.478 e. The molecule has 1 aromatic heterocycles. The van der Waals surface area contributed by atoms with Crippen molar-refractivity contribution >= 4 is 16.0 Å². The molecule has 38 heavy (non-hydrogen) atoms. The number of carboxylic acid groups (broad SMARTS) is 1. The summed E-state index contributed by atoms with van der Waals surface area (Å²) in [6, 6.07) is 33.2. The van der Waals surface area contributed by atoms with Gasteiger partial charge in [-0.05, 0) is 36.2 Å². The Kier molecular flexibility index (Phi) is 6.91. The highest BCUT2D eigenvalue weighted by Crippen LogP contribution is 2.36. The summed E-state index contributed by atoms with van der Waals surface area (Å²) in [6.45, 7) is 0.550. The lowest BCUT2D eigenvalue weighted by atomic mass is 10.0. The number of nitrogens with zero attached hydrogens (tertiary/aromatic N) is 2. The van der Waals surface area contributed by atoms with Gasteiger partial charge in [-0.15, -0.1) is 0 Å². The molecular formula is C30H25N3O4S. The summed E-state index contributed by atoms with van der Waals surface area (Å²) in [6.07, 6.45) is 0.607. The van der Waals surface area contributed by atoms with Gasteiger partial charge < -0.3 is 9.67 Å². The van der Waals surface area contributed by atoms with Crippen LogP contribution in [0.1, 0.15) is 15.9 Å². The minimum atomic E-state index is -3.77. The van der Waals surface area contributed by atoms with Crippen LogP contribution in [0.5, 0.6) is 0 Å². The summed E-state index contributed by atoms with van der Waals surface area (Å²) < 4.78 is 25.5. The smallest absolute Gasteiger partial charge is 0.335 e. The largest absolute Gasteiger partial charge is 0.478 e. The van der Waals surface area contributed by atoms with Crippen molar-refractivity contribution in [2.45, 2.75) is 17.9 Å². The number of primary sulfonamides is 1. The van der Waals surface area contributed by atoms with Gasteiger partial charge in [-0.1, -0.05) is 84.9 Å². The second-order valence-electron chi connectivity index (χ2n) is 8.84. The average Bonchev–Trinajstić information content (AvgIpc) is 3.32. The van der Waals surface area contributed by atoms with E-state index in [0.717, 1.165) is 33.6 Å². The van der Waals surface area contributed by atoms with Crippen LogP contribution >= 0.6 is 0 Å². The number of imidazole rings is 1. The molecule has 0 radical (unpaired) electrons. The molecule has 7 nitrogen and oxygen atoms in total. The standard InChI is InChI=1S/C30H25N3O4S/c31-38(36,37)26-17-11-21(12-18-26)19-20-33-28(23-9-5-2-6-10-23)27(22-7-3-1-4-8-22)32-29(33)24-13-15-25(16-14-24)30(34)35/h1-18H,19-20H2,(H,34,35)(H2,31,36,37). The molecule has 0 aliphatic carbocycles. The van der Waals surface area contributed by atoms with Gasteiger partial charge in [-0.3, -0.25) is 0 Å². The van der Waals surface area contributed by atoms with Crippen molar-refractivity contribution in [3.05, 3.63) is 120 Å². The number of aryl methyl sites for hydroxylation is 1. The maximum atomic E-state index is 11.7. The highest BCUT2D eigenvalue weighted by molar-refractivity contribution is 7.89. The average molecular weight is 524 g/mol. The fourth-order valence-corrected chi connectivity index (χ4v) is 4.94. The molecule has 0 spiro atoms. The molecular weight excluding hydrogens is 498 g/mol. The molecule has 0 amide bonds. The van der Waals surface area contributed by atoms with E-state index < -0.39 is 16.0 Å². The van der Waals surface area contributed by atoms with Crippen molar-refractivity contribution in [2.75, 3.05) is 0 Å². The van der Waals surface area contributed by atoms with Crippen molar-refractivity contribution in [1.29, 1.82) is 0 Å². The van der Waals surface area contributed by atoms with E-state index >= 15 is 0 Å². The lowest BCUT2D eigenvalue weighted by molar-refractivity contribution is 0.0697. The minimum absolute atomic E-state index is 0.0689. The van der Waals surface area contributed by atoms with E-state index in [0.29, 0.717) is 18.8 Å². The zero-order chi connectivity index (χ0) is 26.7. The molecule has 8 heteroatoms. The molecule has 5 rings (SSSR count). The molecule has 1 heterocycles. The Morgan fingerprint density at radius 3 is 1.89 bits per heavy atom. The zero-order valence-corrected chi connectivity index (χ0v) is 21.2. The highest BCUT2D eigenvalue weighted by atomic mass is 32.2. The third kappa shape index (κ3) is 5.27. The van der Waals surface area contributed by atoms with Gasteiger partial charge in [0.25, 0.3) is 0 Å². The maximum absolute atomic E-state index is 11.7. The fourth-order valence-electron chi connectivity index (χ4n) is 4.43. The molecule has 0 saturated carbocycles. The van der Waals surface area contributed by atoms with Crippen LogP contribution in [0, 0.1) is 0 Å². The third-order valence-corrected chi connectivity index (χ3v) is 7.26. The van der Waals surface area contributed by atoms with Crippen LogP contribution in [0.2, 0.25) is 0 Å². The Hall–Kier alpha value is -4.53. The first kappa shape index (κ1) is 25.1. The Balaban J connectivity index is 1.65. The molecule has 5 aromatic rings. The molecule has 4 aromatic carbocycles. The third-order valence-electron chi connectivity index (χ3n) is 6.33. The molecule has 0 unspecified atom stereocenters. The molecule has 190 valence electrons. The number of aromatic nitrogens is 2. The molecule has 0 saturated heterocycles. The second-order valence-corrected chi connectivity index (χ2v) is 10.4. The van der Waals surface area contributed by atoms with E-state index in [1.807, 2.05) is 60.7 Å². The van der Waals surface area contributed by atoms with Gasteiger partial charge in [-0.2, -0.15) is 0 Å². The van der Waals surface area contributed by atoms with E-state index in [2.05, 4.69) is 4.57 Å². The van der Waals surface area contributed by atoms with E-state index in [9.17, 15) is 18.3 Å². The first-order valence-corrected chi connectivity index (χ1v) is 13.5. The van der Waals surface area contributed by atoms with Gasteiger partial charge in [-0.25, -0.2) is 23.3 Å². The van der Waals surface area contributed by atoms with Gasteiger partial charge >= 0.3 is 5.97 Å². The molecule has 0 aliphatic heterocycles. The Morgan fingerprint density at radius 2 is 1.34 bits per heavy atom. The van der Waals surface area contributed by atoms with Gasteiger partial charge in [0.2, 0.25) is 10.0 Å². The summed E-state index contributed by atoms with van der Waals surface area (Å²) in [5.74, 6) is -0.279.